The third kappa shape index (κ3) is 2.19. The van der Waals surface area contributed by atoms with Crippen molar-refractivity contribution in [3.63, 3.8) is 0 Å². The molecule has 0 spiro atoms. The maximum Gasteiger partial charge on any atom is 0.0650 e. The van der Waals surface area contributed by atoms with Gasteiger partial charge in [0.05, 0.1) is 5.60 Å². The third-order valence-electron chi connectivity index (χ3n) is 2.98. The Morgan fingerprint density at radius 1 is 1.45 bits per heavy atom. The second-order valence-corrected chi connectivity index (χ2v) is 3.99. The lowest BCUT2D eigenvalue weighted by Gasteiger charge is -2.21. The molecule has 11 heavy (non-hydrogen) atoms. The van der Waals surface area contributed by atoms with E-state index in [2.05, 4.69) is 13.8 Å². The second-order valence-electron chi connectivity index (χ2n) is 3.99. The summed E-state index contributed by atoms with van der Waals surface area (Å²) in [6.07, 6.45) is 6.70. The summed E-state index contributed by atoms with van der Waals surface area (Å²) >= 11 is 0. The van der Waals surface area contributed by atoms with Crippen LogP contribution in [0, 0.1) is 5.92 Å². The molecule has 66 valence electrons. The molecule has 0 bridgehead atoms. The van der Waals surface area contributed by atoms with E-state index in [-0.39, 0.29) is 5.60 Å². The Kier molecular flexibility index (Phi) is 2.94. The molecule has 0 saturated heterocycles. The lowest BCUT2D eigenvalue weighted by atomic mass is 9.94. The van der Waals surface area contributed by atoms with Crippen LogP contribution in [0.25, 0.3) is 0 Å². The molecular weight excluding hydrogens is 136 g/mol. The van der Waals surface area contributed by atoms with Crippen LogP contribution < -0.4 is 0 Å². The highest BCUT2D eigenvalue weighted by atomic mass is 16.3. The van der Waals surface area contributed by atoms with Crippen molar-refractivity contribution in [3.05, 3.63) is 0 Å². The van der Waals surface area contributed by atoms with E-state index in [9.17, 15) is 5.11 Å². The van der Waals surface area contributed by atoms with Crippen molar-refractivity contribution in [2.24, 2.45) is 5.92 Å². The first-order valence-electron chi connectivity index (χ1n) is 4.92. The fourth-order valence-electron chi connectivity index (χ4n) is 2.26. The van der Waals surface area contributed by atoms with Crippen molar-refractivity contribution in [1.82, 2.24) is 0 Å². The highest BCUT2D eigenvalue weighted by Gasteiger charge is 2.35. The first kappa shape index (κ1) is 9.05. The Bertz CT molecular complexity index is 122. The Labute approximate surface area is 69.8 Å². The summed E-state index contributed by atoms with van der Waals surface area (Å²) in [6, 6.07) is 0. The van der Waals surface area contributed by atoms with Crippen LogP contribution in [-0.4, -0.2) is 10.7 Å². The van der Waals surface area contributed by atoms with Gasteiger partial charge in [-0.3, -0.25) is 0 Å². The lowest BCUT2D eigenvalue weighted by Crippen LogP contribution is -2.24. The SMILES string of the molecule is CCCC1(O)CC[C@@H](CC)C1. The molecule has 0 heterocycles. The van der Waals surface area contributed by atoms with E-state index < -0.39 is 0 Å². The van der Waals surface area contributed by atoms with Gasteiger partial charge in [-0.15, -0.1) is 0 Å². The molecule has 0 aromatic rings. The van der Waals surface area contributed by atoms with Gasteiger partial charge in [0.15, 0.2) is 0 Å². The maximum absolute atomic E-state index is 9.99. The van der Waals surface area contributed by atoms with Crippen LogP contribution in [0.1, 0.15) is 52.4 Å². The zero-order valence-electron chi connectivity index (χ0n) is 7.77. The largest absolute Gasteiger partial charge is 0.390 e. The topological polar surface area (TPSA) is 20.2 Å². The predicted octanol–water partition coefficient (Wildman–Crippen LogP) is 2.73. The molecule has 1 unspecified atom stereocenters. The van der Waals surface area contributed by atoms with E-state index in [1.54, 1.807) is 0 Å². The molecule has 1 heteroatoms. The highest BCUT2D eigenvalue weighted by Crippen LogP contribution is 2.38. The summed E-state index contributed by atoms with van der Waals surface area (Å²) in [4.78, 5) is 0. The standard InChI is InChI=1S/C10H20O/c1-3-6-10(11)7-5-9(4-2)8-10/h9,11H,3-8H2,1-2H3/t9-,10?/m1/s1. The van der Waals surface area contributed by atoms with Crippen LogP contribution in [0.4, 0.5) is 0 Å². The Hall–Kier alpha value is -0.0400. The van der Waals surface area contributed by atoms with Crippen LogP contribution in [0.2, 0.25) is 0 Å². The van der Waals surface area contributed by atoms with Gasteiger partial charge in [-0.25, -0.2) is 0 Å². The minimum absolute atomic E-state index is 0.282. The average molecular weight is 156 g/mol. The normalized spacial score (nSPS) is 37.9. The van der Waals surface area contributed by atoms with Gasteiger partial charge >= 0.3 is 0 Å². The van der Waals surface area contributed by atoms with Gasteiger partial charge < -0.3 is 5.11 Å². The summed E-state index contributed by atoms with van der Waals surface area (Å²) in [5.41, 5.74) is -0.282. The first-order chi connectivity index (χ1) is 5.20. The molecule has 1 saturated carbocycles. The van der Waals surface area contributed by atoms with Gasteiger partial charge in [0.1, 0.15) is 0 Å². The van der Waals surface area contributed by atoms with Crippen LogP contribution in [0.5, 0.6) is 0 Å². The summed E-state index contributed by atoms with van der Waals surface area (Å²) in [5, 5.41) is 9.99. The van der Waals surface area contributed by atoms with Gasteiger partial charge in [-0.05, 0) is 31.6 Å². The van der Waals surface area contributed by atoms with Gasteiger partial charge in [0, 0.05) is 0 Å². The summed E-state index contributed by atoms with van der Waals surface area (Å²) in [6.45, 7) is 4.37. The van der Waals surface area contributed by atoms with Crippen molar-refractivity contribution in [2.45, 2.75) is 58.0 Å². The van der Waals surface area contributed by atoms with E-state index in [0.29, 0.717) is 0 Å². The third-order valence-corrected chi connectivity index (χ3v) is 2.98. The van der Waals surface area contributed by atoms with E-state index in [0.717, 1.165) is 31.6 Å². The molecule has 1 aliphatic rings. The van der Waals surface area contributed by atoms with Gasteiger partial charge in [0.2, 0.25) is 0 Å². The molecule has 1 fully saturated rings. The van der Waals surface area contributed by atoms with Crippen LogP contribution in [0.3, 0.4) is 0 Å². The van der Waals surface area contributed by atoms with Crippen molar-refractivity contribution in [2.75, 3.05) is 0 Å². The van der Waals surface area contributed by atoms with Crippen molar-refractivity contribution < 1.29 is 5.11 Å². The van der Waals surface area contributed by atoms with Crippen LogP contribution in [-0.2, 0) is 0 Å². The fourth-order valence-corrected chi connectivity index (χ4v) is 2.26. The molecule has 0 aromatic carbocycles. The second kappa shape index (κ2) is 3.57. The molecule has 1 nitrogen and oxygen atoms in total. The Morgan fingerprint density at radius 3 is 2.64 bits per heavy atom. The average Bonchev–Trinajstić information content (AvgIpc) is 2.33. The molecule has 2 atom stereocenters. The monoisotopic (exact) mass is 156 g/mol. The Balaban J connectivity index is 2.37. The van der Waals surface area contributed by atoms with Crippen molar-refractivity contribution in [3.8, 4) is 0 Å². The zero-order valence-corrected chi connectivity index (χ0v) is 7.77. The van der Waals surface area contributed by atoms with Gasteiger partial charge in [0.25, 0.3) is 0 Å². The number of hydrogen-bond donors (Lipinski definition) is 1. The number of rotatable bonds is 3. The van der Waals surface area contributed by atoms with Crippen LogP contribution in [0.15, 0.2) is 0 Å². The first-order valence-corrected chi connectivity index (χ1v) is 4.92. The molecule has 0 radical (unpaired) electrons. The summed E-state index contributed by atoms with van der Waals surface area (Å²) < 4.78 is 0. The number of hydrogen-bond acceptors (Lipinski definition) is 1. The van der Waals surface area contributed by atoms with Crippen molar-refractivity contribution in [1.29, 1.82) is 0 Å². The van der Waals surface area contributed by atoms with E-state index >= 15 is 0 Å². The van der Waals surface area contributed by atoms with Crippen LogP contribution >= 0.6 is 0 Å². The Morgan fingerprint density at radius 2 is 2.18 bits per heavy atom. The lowest BCUT2D eigenvalue weighted by molar-refractivity contribution is 0.0338. The van der Waals surface area contributed by atoms with E-state index in [1.165, 1.54) is 12.8 Å². The van der Waals surface area contributed by atoms with Gasteiger partial charge in [-0.1, -0.05) is 26.7 Å². The number of aliphatic hydroxyl groups is 1. The maximum atomic E-state index is 9.99. The molecule has 1 rings (SSSR count). The predicted molar refractivity (Wildman–Crippen MR) is 47.5 cm³/mol. The van der Waals surface area contributed by atoms with Crippen molar-refractivity contribution >= 4 is 0 Å². The molecule has 1 aliphatic carbocycles. The molecule has 0 amide bonds. The highest BCUT2D eigenvalue weighted by molar-refractivity contribution is 4.88. The summed E-state index contributed by atoms with van der Waals surface area (Å²) in [7, 11) is 0. The summed E-state index contributed by atoms with van der Waals surface area (Å²) in [5.74, 6) is 0.798. The smallest absolute Gasteiger partial charge is 0.0650 e. The fraction of sp³-hybridized carbons (Fsp3) is 1.00. The molecule has 1 N–H and O–H groups in total. The molecule has 0 aromatic heterocycles. The quantitative estimate of drug-likeness (QED) is 0.666. The minimum Gasteiger partial charge on any atom is -0.390 e. The molecule has 0 aliphatic heterocycles. The van der Waals surface area contributed by atoms with Gasteiger partial charge in [-0.2, -0.15) is 0 Å². The van der Waals surface area contributed by atoms with E-state index in [4.69, 9.17) is 0 Å². The zero-order chi connectivity index (χ0) is 8.32. The molecular formula is C10H20O. The van der Waals surface area contributed by atoms with E-state index in [1.807, 2.05) is 0 Å². The minimum atomic E-state index is -0.282.